The summed E-state index contributed by atoms with van der Waals surface area (Å²) in [5.41, 5.74) is -1.16. The maximum atomic E-state index is 12.5. The monoisotopic (exact) mass is 284 g/mol. The molecule has 1 radical (unpaired) electrons. The summed E-state index contributed by atoms with van der Waals surface area (Å²) < 4.78 is 0. The first kappa shape index (κ1) is 15.4. The number of hydrogen-bond acceptors (Lipinski definition) is 4. The van der Waals surface area contributed by atoms with E-state index >= 15 is 0 Å². The van der Waals surface area contributed by atoms with Gasteiger partial charge in [-0.15, -0.1) is 10.3 Å². The van der Waals surface area contributed by atoms with Gasteiger partial charge in [0.25, 0.3) is 0 Å². The Labute approximate surface area is 124 Å². The molecule has 1 aromatic carbocycles. The minimum Gasteiger partial charge on any atom is -0.292 e. The Kier molecular flexibility index (Phi) is 3.70. The van der Waals surface area contributed by atoms with Gasteiger partial charge >= 0.3 is 0 Å². The number of aliphatic imine (C=N–C) groups is 1. The third kappa shape index (κ3) is 2.48. The molecule has 0 saturated carbocycles. The predicted molar refractivity (Wildman–Crippen MR) is 78.0 cm³/mol. The molecule has 1 heterocycles. The Bertz CT molecular complexity index is 627. The van der Waals surface area contributed by atoms with Crippen LogP contribution >= 0.6 is 0 Å². The van der Waals surface area contributed by atoms with Gasteiger partial charge in [0.05, 0.1) is 17.3 Å². The summed E-state index contributed by atoms with van der Waals surface area (Å²) >= 11 is 0. The number of ketones is 1. The zero-order valence-electron chi connectivity index (χ0n) is 12.6. The Morgan fingerprint density at radius 1 is 1.24 bits per heavy atom. The summed E-state index contributed by atoms with van der Waals surface area (Å²) in [6.07, 6.45) is 0. The highest BCUT2D eigenvalue weighted by atomic mass is 16.5. The second-order valence-corrected chi connectivity index (χ2v) is 6.14. The molecule has 2 rings (SSSR count). The number of carbonyl (C=O) groups excluding carboxylic acids is 1. The van der Waals surface area contributed by atoms with E-state index in [4.69, 9.17) is 0 Å². The molecule has 1 unspecified atom stereocenters. The van der Waals surface area contributed by atoms with Gasteiger partial charge in [-0.05, 0) is 27.7 Å². The highest BCUT2D eigenvalue weighted by Crippen LogP contribution is 2.36. The van der Waals surface area contributed by atoms with Crippen molar-refractivity contribution in [2.75, 3.05) is 0 Å². The van der Waals surface area contributed by atoms with E-state index in [1.165, 1.54) is 0 Å². The molecular formula is C16H18N3O2. The second-order valence-electron chi connectivity index (χ2n) is 6.14. The average molecular weight is 284 g/mol. The number of nitrogens with zero attached hydrogens (tertiary/aromatic N) is 3. The van der Waals surface area contributed by atoms with E-state index in [1.54, 1.807) is 58.0 Å². The minimum absolute atomic E-state index is 0.323. The first-order chi connectivity index (χ1) is 9.71. The van der Waals surface area contributed by atoms with Crippen molar-refractivity contribution in [3.8, 4) is 6.07 Å². The highest BCUT2D eigenvalue weighted by molar-refractivity contribution is 6.17. The van der Waals surface area contributed by atoms with Crippen molar-refractivity contribution >= 4 is 11.5 Å². The SMILES string of the molecule is CC1(C)N=C(C(C#N)C(=O)c2ccccc2)C(C)(C)N1[O]. The van der Waals surface area contributed by atoms with Crippen molar-refractivity contribution < 1.29 is 10.0 Å². The fourth-order valence-corrected chi connectivity index (χ4v) is 2.70. The quantitative estimate of drug-likeness (QED) is 0.800. The van der Waals surface area contributed by atoms with Gasteiger partial charge < -0.3 is 0 Å². The van der Waals surface area contributed by atoms with Crippen LogP contribution in [0.25, 0.3) is 0 Å². The molecule has 0 saturated heterocycles. The lowest BCUT2D eigenvalue weighted by Gasteiger charge is -2.32. The van der Waals surface area contributed by atoms with Crippen molar-refractivity contribution in [2.24, 2.45) is 10.9 Å². The highest BCUT2D eigenvalue weighted by Gasteiger charge is 2.52. The van der Waals surface area contributed by atoms with E-state index in [9.17, 15) is 15.3 Å². The van der Waals surface area contributed by atoms with Crippen LogP contribution in [0.15, 0.2) is 35.3 Å². The second kappa shape index (κ2) is 5.06. The predicted octanol–water partition coefficient (Wildman–Crippen LogP) is 2.63. The van der Waals surface area contributed by atoms with E-state index < -0.39 is 17.1 Å². The summed E-state index contributed by atoms with van der Waals surface area (Å²) in [6, 6.07) is 10.6. The van der Waals surface area contributed by atoms with Gasteiger partial charge in [0, 0.05) is 5.56 Å². The van der Waals surface area contributed by atoms with Gasteiger partial charge in [0.15, 0.2) is 5.78 Å². The number of carbonyl (C=O) groups is 1. The summed E-state index contributed by atoms with van der Waals surface area (Å²) in [5.74, 6) is -1.36. The Morgan fingerprint density at radius 2 is 1.81 bits per heavy atom. The Balaban J connectivity index is 2.44. The van der Waals surface area contributed by atoms with Crippen LogP contribution in [0.3, 0.4) is 0 Å². The molecule has 0 aromatic heterocycles. The normalized spacial score (nSPS) is 21.4. The van der Waals surface area contributed by atoms with E-state index in [2.05, 4.69) is 4.99 Å². The first-order valence-electron chi connectivity index (χ1n) is 6.78. The molecule has 1 aliphatic heterocycles. The molecule has 5 nitrogen and oxygen atoms in total. The number of hydroxylamine groups is 2. The van der Waals surface area contributed by atoms with Crippen LogP contribution < -0.4 is 0 Å². The van der Waals surface area contributed by atoms with Crippen LogP contribution in [0.4, 0.5) is 0 Å². The van der Waals surface area contributed by atoms with Crippen molar-refractivity contribution in [1.29, 1.82) is 5.26 Å². The Morgan fingerprint density at radius 3 is 2.24 bits per heavy atom. The lowest BCUT2D eigenvalue weighted by Crippen LogP contribution is -2.51. The number of rotatable bonds is 3. The lowest BCUT2D eigenvalue weighted by atomic mass is 9.84. The molecule has 0 aliphatic carbocycles. The molecule has 0 fully saturated rings. The van der Waals surface area contributed by atoms with Crippen LogP contribution in [0.1, 0.15) is 38.1 Å². The van der Waals surface area contributed by atoms with Crippen molar-refractivity contribution in [1.82, 2.24) is 5.06 Å². The minimum atomic E-state index is -1.04. The molecule has 1 aromatic rings. The van der Waals surface area contributed by atoms with E-state index in [-0.39, 0.29) is 5.78 Å². The summed E-state index contributed by atoms with van der Waals surface area (Å²) in [5, 5.41) is 22.6. The molecular weight excluding hydrogens is 266 g/mol. The topological polar surface area (TPSA) is 76.4 Å². The van der Waals surface area contributed by atoms with Crippen LogP contribution in [-0.2, 0) is 5.21 Å². The largest absolute Gasteiger partial charge is 0.292 e. The molecule has 1 aliphatic rings. The van der Waals surface area contributed by atoms with Crippen LogP contribution in [0.5, 0.6) is 0 Å². The van der Waals surface area contributed by atoms with Crippen molar-refractivity contribution in [2.45, 2.75) is 38.9 Å². The molecule has 21 heavy (non-hydrogen) atoms. The number of hydrogen-bond donors (Lipinski definition) is 0. The smallest absolute Gasteiger partial charge is 0.185 e. The lowest BCUT2D eigenvalue weighted by molar-refractivity contribution is -0.241. The molecule has 0 N–H and O–H groups in total. The number of Topliss-reactive ketones (excluding diaryl/α,β-unsaturated/α-hetero) is 1. The summed E-state index contributed by atoms with van der Waals surface area (Å²) in [4.78, 5) is 16.9. The molecule has 0 spiro atoms. The van der Waals surface area contributed by atoms with Gasteiger partial charge in [-0.3, -0.25) is 9.79 Å². The zero-order valence-corrected chi connectivity index (χ0v) is 12.6. The standard InChI is InChI=1S/C16H18N3O2/c1-15(2)14(18-16(3,4)19(15)21)12(10-17)13(20)11-8-6-5-7-9-11/h5-9,12H,1-4H3. The number of nitriles is 1. The molecule has 109 valence electrons. The fourth-order valence-electron chi connectivity index (χ4n) is 2.70. The maximum Gasteiger partial charge on any atom is 0.185 e. The first-order valence-corrected chi connectivity index (χ1v) is 6.78. The fraction of sp³-hybridized carbons (Fsp3) is 0.438. The van der Waals surface area contributed by atoms with Gasteiger partial charge in [-0.25, -0.2) is 0 Å². The maximum absolute atomic E-state index is 12.5. The summed E-state index contributed by atoms with van der Waals surface area (Å²) in [6.45, 7) is 6.73. The van der Waals surface area contributed by atoms with Crippen molar-refractivity contribution in [3.05, 3.63) is 35.9 Å². The van der Waals surface area contributed by atoms with E-state index in [1.807, 2.05) is 6.07 Å². The van der Waals surface area contributed by atoms with E-state index in [0.29, 0.717) is 11.3 Å². The summed E-state index contributed by atoms with van der Waals surface area (Å²) in [7, 11) is 0. The third-order valence-corrected chi connectivity index (χ3v) is 3.75. The van der Waals surface area contributed by atoms with Gasteiger partial charge in [-0.1, -0.05) is 30.3 Å². The van der Waals surface area contributed by atoms with Crippen molar-refractivity contribution in [3.63, 3.8) is 0 Å². The molecule has 5 heteroatoms. The average Bonchev–Trinajstić information content (AvgIpc) is 2.61. The van der Waals surface area contributed by atoms with Crippen LogP contribution in [0.2, 0.25) is 0 Å². The Hall–Kier alpha value is -2.03. The zero-order chi connectivity index (χ0) is 15.8. The molecule has 0 bridgehead atoms. The third-order valence-electron chi connectivity index (χ3n) is 3.75. The molecule has 0 amide bonds. The number of benzene rings is 1. The van der Waals surface area contributed by atoms with Gasteiger partial charge in [0.1, 0.15) is 11.6 Å². The van der Waals surface area contributed by atoms with Gasteiger partial charge in [-0.2, -0.15) is 5.26 Å². The molecule has 1 atom stereocenters. The van der Waals surface area contributed by atoms with E-state index in [0.717, 1.165) is 5.06 Å². The van der Waals surface area contributed by atoms with Gasteiger partial charge in [0.2, 0.25) is 0 Å². The van der Waals surface area contributed by atoms with Crippen LogP contribution in [-0.4, -0.2) is 27.8 Å². The van der Waals surface area contributed by atoms with Crippen LogP contribution in [0, 0.1) is 17.2 Å².